The fraction of sp³-hybridized carbons (Fsp3) is 0.762. The number of nitrogens with one attached hydrogen (secondary N) is 1. The van der Waals surface area contributed by atoms with E-state index in [2.05, 4.69) is 5.32 Å². The highest BCUT2D eigenvalue weighted by Gasteiger charge is 2.36. The molecule has 1 aliphatic heterocycles. The second-order valence-electron chi connectivity index (χ2n) is 8.11. The summed E-state index contributed by atoms with van der Waals surface area (Å²) in [6.07, 6.45) is 6.67. The molecular formula is C21H35N3O4. The lowest BCUT2D eigenvalue weighted by molar-refractivity contribution is -0.138. The van der Waals surface area contributed by atoms with Gasteiger partial charge in [0.05, 0.1) is 5.92 Å². The van der Waals surface area contributed by atoms with Crippen LogP contribution in [0.1, 0.15) is 58.3 Å². The maximum absolute atomic E-state index is 13.0. The van der Waals surface area contributed by atoms with E-state index in [1.165, 1.54) is 11.3 Å². The Bertz CT molecular complexity index is 609. The lowest BCUT2D eigenvalue weighted by Crippen LogP contribution is -2.45. The van der Waals surface area contributed by atoms with Gasteiger partial charge in [-0.2, -0.15) is 0 Å². The Morgan fingerprint density at radius 2 is 1.89 bits per heavy atom. The van der Waals surface area contributed by atoms with Crippen molar-refractivity contribution in [2.75, 3.05) is 34.4 Å². The third-order valence-electron chi connectivity index (χ3n) is 5.70. The third kappa shape index (κ3) is 5.80. The van der Waals surface area contributed by atoms with Crippen molar-refractivity contribution in [3.05, 3.63) is 11.3 Å². The molecule has 0 spiro atoms. The summed E-state index contributed by atoms with van der Waals surface area (Å²) in [5.74, 6) is -0.742. The van der Waals surface area contributed by atoms with Gasteiger partial charge in [0, 0.05) is 58.1 Å². The average molecular weight is 394 g/mol. The number of ether oxygens (including phenoxy) is 1. The average Bonchev–Trinajstić information content (AvgIpc) is 2.67. The monoisotopic (exact) mass is 393 g/mol. The Labute approximate surface area is 168 Å². The molecule has 1 fully saturated rings. The quantitative estimate of drug-likeness (QED) is 0.641. The molecule has 1 heterocycles. The maximum Gasteiger partial charge on any atom is 0.251 e. The molecule has 2 rings (SSSR count). The number of carbonyl (C=O) groups excluding carboxylic acids is 3. The lowest BCUT2D eigenvalue weighted by Gasteiger charge is -2.35. The van der Waals surface area contributed by atoms with Crippen LogP contribution in [0.4, 0.5) is 0 Å². The van der Waals surface area contributed by atoms with Gasteiger partial charge in [0.1, 0.15) is 0 Å². The Hall–Kier alpha value is -1.89. The van der Waals surface area contributed by atoms with E-state index in [1.807, 2.05) is 6.92 Å². The van der Waals surface area contributed by atoms with E-state index in [9.17, 15) is 14.4 Å². The molecule has 1 unspecified atom stereocenters. The van der Waals surface area contributed by atoms with Gasteiger partial charge in [0.25, 0.3) is 5.91 Å². The van der Waals surface area contributed by atoms with Crippen LogP contribution in [0.2, 0.25) is 0 Å². The summed E-state index contributed by atoms with van der Waals surface area (Å²) in [5, 5.41) is 3.09. The molecule has 7 heteroatoms. The molecule has 3 amide bonds. The van der Waals surface area contributed by atoms with Crippen molar-refractivity contribution >= 4 is 17.7 Å². The summed E-state index contributed by atoms with van der Waals surface area (Å²) in [4.78, 5) is 41.4. The van der Waals surface area contributed by atoms with Crippen molar-refractivity contribution in [2.24, 2.45) is 5.92 Å². The van der Waals surface area contributed by atoms with Crippen LogP contribution < -0.4 is 5.32 Å². The summed E-state index contributed by atoms with van der Waals surface area (Å²) >= 11 is 0. The second-order valence-corrected chi connectivity index (χ2v) is 8.11. The Morgan fingerprint density at radius 3 is 2.50 bits per heavy atom. The van der Waals surface area contributed by atoms with E-state index in [4.69, 9.17) is 4.74 Å². The summed E-state index contributed by atoms with van der Waals surface area (Å²) in [5.41, 5.74) is 1.32. The fourth-order valence-corrected chi connectivity index (χ4v) is 4.10. The van der Waals surface area contributed by atoms with Gasteiger partial charge in [-0.25, -0.2) is 0 Å². The third-order valence-corrected chi connectivity index (χ3v) is 5.70. The van der Waals surface area contributed by atoms with E-state index in [-0.39, 0.29) is 30.2 Å². The summed E-state index contributed by atoms with van der Waals surface area (Å²) in [7, 11) is 5.04. The molecule has 0 aromatic carbocycles. The number of hydrogen-bond donors (Lipinski definition) is 1. The highest BCUT2D eigenvalue weighted by atomic mass is 16.5. The largest absolute Gasteiger partial charge is 0.385 e. The van der Waals surface area contributed by atoms with Gasteiger partial charge >= 0.3 is 0 Å². The van der Waals surface area contributed by atoms with E-state index >= 15 is 0 Å². The minimum atomic E-state index is -0.492. The van der Waals surface area contributed by atoms with Gasteiger partial charge in [-0.1, -0.05) is 19.3 Å². The smallest absolute Gasteiger partial charge is 0.251 e. The van der Waals surface area contributed by atoms with Crippen LogP contribution in [-0.2, 0) is 19.1 Å². The number of methoxy groups -OCH3 is 1. The second kappa shape index (κ2) is 10.6. The number of likely N-dealkylation sites (N-methyl/N-ethyl adjacent to an activating group) is 1. The topological polar surface area (TPSA) is 79.0 Å². The van der Waals surface area contributed by atoms with Crippen LogP contribution in [0, 0.1) is 5.92 Å². The molecular weight excluding hydrogens is 358 g/mol. The molecule has 0 radical (unpaired) electrons. The van der Waals surface area contributed by atoms with Crippen molar-refractivity contribution in [3.63, 3.8) is 0 Å². The van der Waals surface area contributed by atoms with Gasteiger partial charge in [0.2, 0.25) is 11.8 Å². The number of amides is 3. The van der Waals surface area contributed by atoms with Crippen LogP contribution in [0.3, 0.4) is 0 Å². The van der Waals surface area contributed by atoms with Crippen molar-refractivity contribution in [2.45, 2.75) is 64.3 Å². The zero-order chi connectivity index (χ0) is 20.7. The number of allylic oxidation sites excluding steroid dienone is 1. The van der Waals surface area contributed by atoms with Crippen molar-refractivity contribution in [1.82, 2.24) is 15.1 Å². The normalized spacial score (nSPS) is 21.1. The Morgan fingerprint density at radius 1 is 1.21 bits per heavy atom. The zero-order valence-corrected chi connectivity index (χ0v) is 17.8. The molecule has 0 saturated heterocycles. The summed E-state index contributed by atoms with van der Waals surface area (Å²) < 4.78 is 5.10. The molecule has 1 aliphatic carbocycles. The van der Waals surface area contributed by atoms with E-state index in [0.717, 1.165) is 25.7 Å². The first kappa shape index (κ1) is 22.4. The van der Waals surface area contributed by atoms with Gasteiger partial charge in [-0.15, -0.1) is 0 Å². The summed E-state index contributed by atoms with van der Waals surface area (Å²) in [6, 6.07) is 0.220. The van der Waals surface area contributed by atoms with Crippen LogP contribution in [0.5, 0.6) is 0 Å². The summed E-state index contributed by atoms with van der Waals surface area (Å²) in [6.45, 7) is 2.85. The number of carbonyl (C=O) groups is 3. The lowest BCUT2D eigenvalue weighted by atomic mass is 9.88. The highest BCUT2D eigenvalue weighted by Crippen LogP contribution is 2.31. The molecule has 0 aromatic heterocycles. The van der Waals surface area contributed by atoms with Gasteiger partial charge in [-0.05, 0) is 32.6 Å². The predicted molar refractivity (Wildman–Crippen MR) is 107 cm³/mol. The van der Waals surface area contributed by atoms with Crippen LogP contribution in [0.25, 0.3) is 0 Å². The molecule has 7 nitrogen and oxygen atoms in total. The SMILES string of the molecule is COCCCN1C(=O)C(CC(=O)NC2CCCCC2)CC(C(=O)N(C)C)=C1C. The van der Waals surface area contributed by atoms with Crippen molar-refractivity contribution in [3.8, 4) is 0 Å². The molecule has 1 saturated carbocycles. The number of hydrogen-bond acceptors (Lipinski definition) is 4. The first-order valence-electron chi connectivity index (χ1n) is 10.4. The first-order valence-corrected chi connectivity index (χ1v) is 10.4. The number of rotatable bonds is 8. The Kier molecular flexibility index (Phi) is 8.48. The van der Waals surface area contributed by atoms with Crippen LogP contribution in [-0.4, -0.2) is 67.9 Å². The van der Waals surface area contributed by atoms with Gasteiger partial charge in [-0.3, -0.25) is 14.4 Å². The number of nitrogens with zero attached hydrogens (tertiary/aromatic N) is 2. The van der Waals surface area contributed by atoms with E-state index < -0.39 is 5.92 Å². The minimum absolute atomic E-state index is 0.0669. The highest BCUT2D eigenvalue weighted by molar-refractivity contribution is 5.98. The van der Waals surface area contributed by atoms with Crippen LogP contribution in [0.15, 0.2) is 11.3 Å². The van der Waals surface area contributed by atoms with E-state index in [0.29, 0.717) is 37.3 Å². The maximum atomic E-state index is 13.0. The van der Waals surface area contributed by atoms with Crippen LogP contribution >= 0.6 is 0 Å². The molecule has 0 bridgehead atoms. The van der Waals surface area contributed by atoms with Crippen molar-refractivity contribution in [1.29, 1.82) is 0 Å². The zero-order valence-electron chi connectivity index (χ0n) is 17.8. The Balaban J connectivity index is 2.11. The first-order chi connectivity index (χ1) is 13.3. The predicted octanol–water partition coefficient (Wildman–Crippen LogP) is 2.07. The molecule has 1 N–H and O–H groups in total. The van der Waals surface area contributed by atoms with Crippen molar-refractivity contribution < 1.29 is 19.1 Å². The van der Waals surface area contributed by atoms with E-state index in [1.54, 1.807) is 26.1 Å². The molecule has 2 aliphatic rings. The molecule has 1 atom stereocenters. The van der Waals surface area contributed by atoms with Gasteiger partial charge < -0.3 is 19.9 Å². The standard InChI is InChI=1S/C21H35N3O4/c1-15-18(21(27)23(2)3)13-16(20(26)24(15)11-8-12-28-4)14-19(25)22-17-9-6-5-7-10-17/h16-17H,5-14H2,1-4H3,(H,22,25). The van der Waals surface area contributed by atoms with Gasteiger partial charge in [0.15, 0.2) is 0 Å². The minimum Gasteiger partial charge on any atom is -0.385 e. The fourth-order valence-electron chi connectivity index (χ4n) is 4.10. The molecule has 28 heavy (non-hydrogen) atoms. The molecule has 158 valence electrons. The molecule has 0 aromatic rings.